The third-order valence-corrected chi connectivity index (χ3v) is 6.34. The Balaban J connectivity index is 0.000000517. The third kappa shape index (κ3) is 8.24. The van der Waals surface area contributed by atoms with Gasteiger partial charge in [0.1, 0.15) is 12.2 Å². The zero-order valence-corrected chi connectivity index (χ0v) is 22.8. The number of nitriles is 1. The number of aliphatic carboxylic acids is 1. The maximum absolute atomic E-state index is 10.6. The highest BCUT2D eigenvalue weighted by Gasteiger charge is 2.38. The summed E-state index contributed by atoms with van der Waals surface area (Å²) in [6, 6.07) is 18.2. The molecular formula is C28H28F3N9O2. The molecule has 0 radical (unpaired) electrons. The number of carboxylic acid groups (broad SMARTS) is 1. The number of carboxylic acids is 1. The fraction of sp³-hybridized carbons (Fsp3) is 0.286. The molecule has 5 rings (SSSR count). The van der Waals surface area contributed by atoms with Crippen LogP contribution < -0.4 is 10.6 Å². The predicted octanol–water partition coefficient (Wildman–Crippen LogP) is 4.79. The minimum absolute atomic E-state index is 0.403. The number of carbonyl (C=O) groups is 1. The molecule has 0 spiro atoms. The number of hydrogen-bond donors (Lipinski definition) is 3. The second kappa shape index (κ2) is 13.1. The molecule has 1 aliphatic heterocycles. The van der Waals surface area contributed by atoms with Crippen molar-refractivity contribution in [3.63, 3.8) is 0 Å². The van der Waals surface area contributed by atoms with E-state index in [1.54, 1.807) is 17.2 Å². The SMILES string of the molecule is Cc1ncn(-c2ccc(Nc3nccc(-c4cc(C#N)cc(NC5CCN(C)CC5)c4)n3)cc2)n1.O=C(O)C(F)(F)F. The summed E-state index contributed by atoms with van der Waals surface area (Å²) in [4.78, 5) is 24.5. The number of halogens is 3. The number of nitrogens with one attached hydrogen (secondary N) is 2. The summed E-state index contributed by atoms with van der Waals surface area (Å²) in [6.45, 7) is 4.00. The second-order valence-electron chi connectivity index (χ2n) is 9.61. The fourth-order valence-corrected chi connectivity index (χ4v) is 4.19. The van der Waals surface area contributed by atoms with Crippen LogP contribution in [-0.2, 0) is 4.79 Å². The first kappa shape index (κ1) is 29.9. The van der Waals surface area contributed by atoms with Crippen LogP contribution in [-0.4, -0.2) is 73.1 Å². The minimum atomic E-state index is -5.08. The number of aromatic nitrogens is 5. The zero-order valence-electron chi connectivity index (χ0n) is 22.8. The Hall–Kier alpha value is -5.03. The molecule has 3 heterocycles. The van der Waals surface area contributed by atoms with Crippen molar-refractivity contribution in [2.75, 3.05) is 30.8 Å². The van der Waals surface area contributed by atoms with Gasteiger partial charge in [0.25, 0.3) is 0 Å². The number of benzene rings is 2. The minimum Gasteiger partial charge on any atom is -0.475 e. The van der Waals surface area contributed by atoms with Gasteiger partial charge in [-0.3, -0.25) is 0 Å². The van der Waals surface area contributed by atoms with Gasteiger partial charge in [-0.15, -0.1) is 0 Å². The van der Waals surface area contributed by atoms with Crippen LogP contribution >= 0.6 is 0 Å². The highest BCUT2D eigenvalue weighted by atomic mass is 19.4. The Bertz CT molecular complexity index is 1560. The van der Waals surface area contributed by atoms with Gasteiger partial charge in [0.15, 0.2) is 0 Å². The van der Waals surface area contributed by atoms with E-state index in [1.807, 2.05) is 49.4 Å². The molecular weight excluding hydrogens is 551 g/mol. The summed E-state index contributed by atoms with van der Waals surface area (Å²) in [7, 11) is 2.15. The van der Waals surface area contributed by atoms with E-state index in [4.69, 9.17) is 14.9 Å². The summed E-state index contributed by atoms with van der Waals surface area (Å²) in [5.41, 5.74) is 4.95. The van der Waals surface area contributed by atoms with Gasteiger partial charge < -0.3 is 20.6 Å². The van der Waals surface area contributed by atoms with Crippen LogP contribution in [0.5, 0.6) is 0 Å². The van der Waals surface area contributed by atoms with Crippen molar-refractivity contribution in [2.24, 2.45) is 0 Å². The number of likely N-dealkylation sites (tertiary alicyclic amines) is 1. The maximum Gasteiger partial charge on any atom is 0.490 e. The quantitative estimate of drug-likeness (QED) is 0.292. The first-order valence-electron chi connectivity index (χ1n) is 12.9. The molecule has 0 unspecified atom stereocenters. The van der Waals surface area contributed by atoms with Gasteiger partial charge >= 0.3 is 12.1 Å². The molecule has 218 valence electrons. The fourth-order valence-electron chi connectivity index (χ4n) is 4.19. The Morgan fingerprint density at radius 2 is 1.76 bits per heavy atom. The first-order valence-corrected chi connectivity index (χ1v) is 12.9. The standard InChI is InChI=1S/C26H27N9.C2HF3O2/c1-18-29-17-35(33-18)24-5-3-21(4-6-24)31-26-28-10-7-25(32-26)20-13-19(16-27)14-23(15-20)30-22-8-11-34(2)12-9-22;3-2(4,5)1(6)7/h3-7,10,13-15,17,22,30H,8-9,11-12H2,1-2H3,(H,28,31,32);(H,6,7). The van der Waals surface area contributed by atoms with E-state index in [-0.39, 0.29) is 0 Å². The molecule has 0 aliphatic carbocycles. The van der Waals surface area contributed by atoms with Crippen molar-refractivity contribution in [3.05, 3.63) is 72.4 Å². The van der Waals surface area contributed by atoms with E-state index in [0.717, 1.165) is 60.1 Å². The number of piperidine rings is 1. The summed E-state index contributed by atoms with van der Waals surface area (Å²) in [5, 5.41) is 27.9. The topological polar surface area (TPSA) is 145 Å². The molecule has 1 aliphatic rings. The Morgan fingerprint density at radius 3 is 2.36 bits per heavy atom. The van der Waals surface area contributed by atoms with Gasteiger partial charge in [-0.25, -0.2) is 24.4 Å². The van der Waals surface area contributed by atoms with E-state index in [9.17, 15) is 18.4 Å². The molecule has 42 heavy (non-hydrogen) atoms. The van der Waals surface area contributed by atoms with Crippen LogP contribution in [0.3, 0.4) is 0 Å². The van der Waals surface area contributed by atoms with Crippen LogP contribution in [0.15, 0.2) is 61.1 Å². The number of alkyl halides is 3. The lowest BCUT2D eigenvalue weighted by Crippen LogP contribution is -2.36. The lowest BCUT2D eigenvalue weighted by Gasteiger charge is -2.30. The number of anilines is 3. The molecule has 3 N–H and O–H groups in total. The zero-order chi connectivity index (χ0) is 30.3. The van der Waals surface area contributed by atoms with Gasteiger partial charge in [0.2, 0.25) is 5.95 Å². The molecule has 1 fully saturated rings. The van der Waals surface area contributed by atoms with Gasteiger partial charge in [-0.05, 0) is 88.4 Å². The van der Waals surface area contributed by atoms with Crippen molar-refractivity contribution in [2.45, 2.75) is 32.0 Å². The number of aryl methyl sites for hydroxylation is 1. The summed E-state index contributed by atoms with van der Waals surface area (Å²) < 4.78 is 33.5. The smallest absolute Gasteiger partial charge is 0.475 e. The maximum atomic E-state index is 10.6. The molecule has 0 bridgehead atoms. The molecule has 2 aromatic carbocycles. The van der Waals surface area contributed by atoms with Crippen molar-refractivity contribution >= 4 is 23.3 Å². The van der Waals surface area contributed by atoms with Crippen LogP contribution in [0.2, 0.25) is 0 Å². The molecule has 0 amide bonds. The van der Waals surface area contributed by atoms with Gasteiger partial charge in [0, 0.05) is 29.2 Å². The Morgan fingerprint density at radius 1 is 1.07 bits per heavy atom. The van der Waals surface area contributed by atoms with Crippen LogP contribution in [0.4, 0.5) is 30.5 Å². The Labute approximate surface area is 239 Å². The van der Waals surface area contributed by atoms with Gasteiger partial charge in [-0.1, -0.05) is 0 Å². The lowest BCUT2D eigenvalue weighted by molar-refractivity contribution is -0.192. The molecule has 11 nitrogen and oxygen atoms in total. The highest BCUT2D eigenvalue weighted by molar-refractivity contribution is 5.73. The van der Waals surface area contributed by atoms with Crippen molar-refractivity contribution in [1.29, 1.82) is 5.26 Å². The number of hydrogen-bond acceptors (Lipinski definition) is 9. The van der Waals surface area contributed by atoms with Crippen LogP contribution in [0.1, 0.15) is 24.2 Å². The summed E-state index contributed by atoms with van der Waals surface area (Å²) in [6.07, 6.45) is 0.495. The van der Waals surface area contributed by atoms with Crippen molar-refractivity contribution in [3.8, 4) is 23.0 Å². The van der Waals surface area contributed by atoms with Crippen LogP contribution in [0.25, 0.3) is 16.9 Å². The van der Waals surface area contributed by atoms with Crippen molar-refractivity contribution < 1.29 is 23.1 Å². The lowest BCUT2D eigenvalue weighted by atomic mass is 10.0. The van der Waals surface area contributed by atoms with Gasteiger partial charge in [-0.2, -0.15) is 23.5 Å². The van der Waals surface area contributed by atoms with Crippen molar-refractivity contribution in [1.82, 2.24) is 29.6 Å². The average Bonchev–Trinajstić information content (AvgIpc) is 3.40. The van der Waals surface area contributed by atoms with E-state index >= 15 is 0 Å². The average molecular weight is 580 g/mol. The summed E-state index contributed by atoms with van der Waals surface area (Å²) in [5.74, 6) is -1.55. The molecule has 0 atom stereocenters. The predicted molar refractivity (Wildman–Crippen MR) is 149 cm³/mol. The van der Waals surface area contributed by atoms with E-state index in [1.165, 1.54) is 0 Å². The van der Waals surface area contributed by atoms with E-state index in [0.29, 0.717) is 17.6 Å². The van der Waals surface area contributed by atoms with Crippen LogP contribution in [0, 0.1) is 18.3 Å². The molecule has 2 aromatic heterocycles. The summed E-state index contributed by atoms with van der Waals surface area (Å²) >= 11 is 0. The number of rotatable bonds is 6. The monoisotopic (exact) mass is 579 g/mol. The highest BCUT2D eigenvalue weighted by Crippen LogP contribution is 2.26. The molecule has 14 heteroatoms. The molecule has 4 aromatic rings. The van der Waals surface area contributed by atoms with Gasteiger partial charge in [0.05, 0.1) is 23.0 Å². The second-order valence-corrected chi connectivity index (χ2v) is 9.61. The third-order valence-electron chi connectivity index (χ3n) is 6.34. The first-order chi connectivity index (χ1) is 20.0. The van der Waals surface area contributed by atoms with E-state index in [2.05, 4.69) is 49.8 Å². The largest absolute Gasteiger partial charge is 0.490 e. The molecule has 1 saturated heterocycles. The normalized spacial score (nSPS) is 13.9. The molecule has 0 saturated carbocycles. The number of nitrogens with zero attached hydrogens (tertiary/aromatic N) is 7. The van der Waals surface area contributed by atoms with E-state index < -0.39 is 12.1 Å². The Kier molecular flexibility index (Phi) is 9.33.